The van der Waals surface area contributed by atoms with Gasteiger partial charge in [0.15, 0.2) is 6.61 Å². The number of rotatable bonds is 6. The zero-order valence-corrected chi connectivity index (χ0v) is 13.7. The highest BCUT2D eigenvalue weighted by molar-refractivity contribution is 6.06. The number of nitrogens with zero attached hydrogens (tertiary/aromatic N) is 3. The van der Waals surface area contributed by atoms with Crippen LogP contribution in [-0.2, 0) is 6.61 Å². The van der Waals surface area contributed by atoms with E-state index in [-0.39, 0.29) is 17.9 Å². The molecule has 9 nitrogen and oxygen atoms in total. The third-order valence-electron chi connectivity index (χ3n) is 3.37. The summed E-state index contributed by atoms with van der Waals surface area (Å²) >= 11 is 0. The Labute approximate surface area is 147 Å². The number of amides is 1. The van der Waals surface area contributed by atoms with Crippen LogP contribution in [0.4, 0.5) is 11.4 Å². The number of hydrogen-bond donors (Lipinski definition) is 1. The van der Waals surface area contributed by atoms with E-state index in [1.165, 1.54) is 18.2 Å². The molecule has 0 spiro atoms. The van der Waals surface area contributed by atoms with E-state index in [0.29, 0.717) is 23.2 Å². The third kappa shape index (κ3) is 4.01. The van der Waals surface area contributed by atoms with E-state index in [0.717, 1.165) is 0 Å². The summed E-state index contributed by atoms with van der Waals surface area (Å²) in [5.41, 5.74) is 0.479. The Morgan fingerprint density at radius 3 is 2.81 bits per heavy atom. The molecule has 0 atom stereocenters. The second-order valence-electron chi connectivity index (χ2n) is 5.28. The van der Waals surface area contributed by atoms with Crippen molar-refractivity contribution in [1.82, 2.24) is 10.1 Å². The molecule has 0 radical (unpaired) electrons. The number of ether oxygens (including phenoxy) is 1. The molecule has 0 bridgehead atoms. The molecule has 0 saturated heterocycles. The van der Waals surface area contributed by atoms with Gasteiger partial charge in [0.1, 0.15) is 5.75 Å². The highest BCUT2D eigenvalue weighted by Gasteiger charge is 2.15. The SMILES string of the molecule is Cc1nc(COc2ccccc2C(=O)Nc2cccc([N+](=O)[O-])c2)no1. The lowest BCUT2D eigenvalue weighted by Gasteiger charge is -2.10. The van der Waals surface area contributed by atoms with Crippen molar-refractivity contribution in [3.05, 3.63) is 75.9 Å². The summed E-state index contributed by atoms with van der Waals surface area (Å²) in [5.74, 6) is 0.653. The molecule has 26 heavy (non-hydrogen) atoms. The van der Waals surface area contributed by atoms with Crippen molar-refractivity contribution in [2.75, 3.05) is 5.32 Å². The number of para-hydroxylation sites is 1. The largest absolute Gasteiger partial charge is 0.485 e. The van der Waals surface area contributed by atoms with Crippen LogP contribution >= 0.6 is 0 Å². The molecular formula is C17H14N4O5. The predicted octanol–water partition coefficient (Wildman–Crippen LogP) is 3.12. The van der Waals surface area contributed by atoms with Crippen molar-refractivity contribution in [1.29, 1.82) is 0 Å². The maximum absolute atomic E-state index is 12.5. The summed E-state index contributed by atoms with van der Waals surface area (Å²) in [7, 11) is 0. The van der Waals surface area contributed by atoms with Gasteiger partial charge in [-0.1, -0.05) is 23.4 Å². The minimum Gasteiger partial charge on any atom is -0.485 e. The molecule has 1 heterocycles. The van der Waals surface area contributed by atoms with Gasteiger partial charge in [-0.2, -0.15) is 4.98 Å². The fraction of sp³-hybridized carbons (Fsp3) is 0.118. The van der Waals surface area contributed by atoms with Crippen LogP contribution in [0.25, 0.3) is 0 Å². The van der Waals surface area contributed by atoms with Crippen LogP contribution < -0.4 is 10.1 Å². The molecule has 0 saturated carbocycles. The number of anilines is 1. The minimum atomic E-state index is -0.528. The standard InChI is InChI=1S/C17H14N4O5/c1-11-18-16(20-26-11)10-25-15-8-3-2-7-14(15)17(22)19-12-5-4-6-13(9-12)21(23)24/h2-9H,10H2,1H3,(H,19,22). The van der Waals surface area contributed by atoms with Gasteiger partial charge in [-0.25, -0.2) is 0 Å². The zero-order chi connectivity index (χ0) is 18.5. The van der Waals surface area contributed by atoms with Crippen molar-refractivity contribution in [2.45, 2.75) is 13.5 Å². The first-order valence-electron chi connectivity index (χ1n) is 7.60. The Balaban J connectivity index is 1.75. The third-order valence-corrected chi connectivity index (χ3v) is 3.37. The Morgan fingerprint density at radius 2 is 2.08 bits per heavy atom. The molecule has 3 rings (SSSR count). The number of aryl methyl sites for hydroxylation is 1. The fourth-order valence-electron chi connectivity index (χ4n) is 2.22. The van der Waals surface area contributed by atoms with E-state index < -0.39 is 10.8 Å². The first-order valence-corrected chi connectivity index (χ1v) is 7.60. The molecule has 1 amide bonds. The van der Waals surface area contributed by atoms with Crippen LogP contribution in [0.15, 0.2) is 53.1 Å². The summed E-state index contributed by atoms with van der Waals surface area (Å²) < 4.78 is 10.5. The number of nitro groups is 1. The Hall–Kier alpha value is -3.75. The Kier molecular flexibility index (Phi) is 4.88. The van der Waals surface area contributed by atoms with Crippen molar-refractivity contribution in [2.24, 2.45) is 0 Å². The van der Waals surface area contributed by atoms with Crippen LogP contribution in [0.2, 0.25) is 0 Å². The van der Waals surface area contributed by atoms with E-state index in [2.05, 4.69) is 15.5 Å². The number of nitrogens with one attached hydrogen (secondary N) is 1. The number of non-ortho nitro benzene ring substituents is 1. The summed E-state index contributed by atoms with van der Waals surface area (Å²) in [5, 5.41) is 17.2. The number of aromatic nitrogens is 2. The van der Waals surface area contributed by atoms with E-state index in [4.69, 9.17) is 9.26 Å². The van der Waals surface area contributed by atoms with Gasteiger partial charge in [0.25, 0.3) is 11.6 Å². The first kappa shape index (κ1) is 17.1. The van der Waals surface area contributed by atoms with Gasteiger partial charge in [-0.3, -0.25) is 14.9 Å². The van der Waals surface area contributed by atoms with Gasteiger partial charge in [0.05, 0.1) is 10.5 Å². The minimum absolute atomic E-state index is 0.0401. The second kappa shape index (κ2) is 7.43. The van der Waals surface area contributed by atoms with Crippen LogP contribution in [0, 0.1) is 17.0 Å². The predicted molar refractivity (Wildman–Crippen MR) is 90.9 cm³/mol. The molecule has 0 aliphatic rings. The molecule has 0 aliphatic carbocycles. The van der Waals surface area contributed by atoms with Gasteiger partial charge in [-0.05, 0) is 18.2 Å². The number of carbonyl (C=O) groups excluding carboxylic acids is 1. The lowest BCUT2D eigenvalue weighted by atomic mass is 10.2. The molecule has 0 fully saturated rings. The molecule has 1 aromatic heterocycles. The molecular weight excluding hydrogens is 340 g/mol. The van der Waals surface area contributed by atoms with Crippen molar-refractivity contribution in [3.63, 3.8) is 0 Å². The van der Waals surface area contributed by atoms with Gasteiger partial charge in [0.2, 0.25) is 11.7 Å². The first-order chi connectivity index (χ1) is 12.5. The average Bonchev–Trinajstić information content (AvgIpc) is 3.05. The normalized spacial score (nSPS) is 10.3. The van der Waals surface area contributed by atoms with E-state index in [9.17, 15) is 14.9 Å². The van der Waals surface area contributed by atoms with Crippen LogP contribution in [-0.4, -0.2) is 21.0 Å². The van der Waals surface area contributed by atoms with Gasteiger partial charge >= 0.3 is 0 Å². The second-order valence-corrected chi connectivity index (χ2v) is 5.28. The maximum Gasteiger partial charge on any atom is 0.271 e. The van der Waals surface area contributed by atoms with Crippen molar-refractivity contribution < 1.29 is 19.0 Å². The van der Waals surface area contributed by atoms with Crippen molar-refractivity contribution in [3.8, 4) is 5.75 Å². The molecule has 0 aliphatic heterocycles. The monoisotopic (exact) mass is 354 g/mol. The number of benzene rings is 2. The van der Waals surface area contributed by atoms with Crippen LogP contribution in [0.3, 0.4) is 0 Å². The fourth-order valence-corrected chi connectivity index (χ4v) is 2.22. The molecule has 1 N–H and O–H groups in total. The summed E-state index contributed by atoms with van der Waals surface area (Å²) in [4.78, 5) is 26.9. The van der Waals surface area contributed by atoms with Crippen LogP contribution in [0.1, 0.15) is 22.1 Å². The van der Waals surface area contributed by atoms with E-state index >= 15 is 0 Å². The topological polar surface area (TPSA) is 120 Å². The van der Waals surface area contributed by atoms with Crippen molar-refractivity contribution >= 4 is 17.3 Å². The maximum atomic E-state index is 12.5. The van der Waals surface area contributed by atoms with Gasteiger partial charge in [0, 0.05) is 24.7 Å². The summed E-state index contributed by atoms with van der Waals surface area (Å²) in [6.45, 7) is 1.70. The lowest BCUT2D eigenvalue weighted by Crippen LogP contribution is -2.14. The average molecular weight is 354 g/mol. The van der Waals surface area contributed by atoms with E-state index in [1.54, 1.807) is 37.3 Å². The van der Waals surface area contributed by atoms with Crippen LogP contribution in [0.5, 0.6) is 5.75 Å². The smallest absolute Gasteiger partial charge is 0.271 e. The molecule has 0 unspecified atom stereocenters. The Bertz CT molecular complexity index is 954. The zero-order valence-electron chi connectivity index (χ0n) is 13.7. The molecule has 132 valence electrons. The van der Waals surface area contributed by atoms with Gasteiger partial charge < -0.3 is 14.6 Å². The highest BCUT2D eigenvalue weighted by atomic mass is 16.6. The lowest BCUT2D eigenvalue weighted by molar-refractivity contribution is -0.384. The number of carbonyl (C=O) groups is 1. The highest BCUT2D eigenvalue weighted by Crippen LogP contribution is 2.22. The summed E-state index contributed by atoms with van der Waals surface area (Å²) in [6, 6.07) is 12.3. The summed E-state index contributed by atoms with van der Waals surface area (Å²) in [6.07, 6.45) is 0. The molecule has 2 aromatic carbocycles. The Morgan fingerprint density at radius 1 is 1.27 bits per heavy atom. The number of nitro benzene ring substituents is 1. The number of hydrogen-bond acceptors (Lipinski definition) is 7. The van der Waals surface area contributed by atoms with E-state index in [1.807, 2.05) is 0 Å². The molecule has 3 aromatic rings. The molecule has 9 heteroatoms. The quantitative estimate of drug-likeness (QED) is 0.533. The van der Waals surface area contributed by atoms with Gasteiger partial charge in [-0.15, -0.1) is 0 Å².